The van der Waals surface area contributed by atoms with E-state index in [1.54, 1.807) is 0 Å². The van der Waals surface area contributed by atoms with E-state index in [1.807, 2.05) is 18.3 Å². The molecule has 1 heterocycles. The van der Waals surface area contributed by atoms with Gasteiger partial charge >= 0.3 is 0 Å². The van der Waals surface area contributed by atoms with Crippen molar-refractivity contribution in [3.05, 3.63) is 23.9 Å². The Labute approximate surface area is 115 Å². The second kappa shape index (κ2) is 4.20. The molecule has 2 aliphatic rings. The zero-order chi connectivity index (χ0) is 13.7. The van der Waals surface area contributed by atoms with Gasteiger partial charge < -0.3 is 10.5 Å². The molecule has 0 aliphatic heterocycles. The fraction of sp³-hybridized carbons (Fsp3) is 0.688. The maximum Gasteiger partial charge on any atom is 0.123 e. The number of nitrogen functional groups attached to an aromatic ring is 1. The van der Waals surface area contributed by atoms with E-state index >= 15 is 0 Å². The van der Waals surface area contributed by atoms with Crippen molar-refractivity contribution in [1.82, 2.24) is 4.98 Å². The van der Waals surface area contributed by atoms with Crippen LogP contribution in [0, 0.1) is 16.7 Å². The quantitative estimate of drug-likeness (QED) is 0.906. The highest BCUT2D eigenvalue weighted by molar-refractivity contribution is 5.29. The van der Waals surface area contributed by atoms with Crippen LogP contribution in [0.3, 0.4) is 0 Å². The molecule has 3 atom stereocenters. The van der Waals surface area contributed by atoms with Gasteiger partial charge in [-0.15, -0.1) is 0 Å². The monoisotopic (exact) mass is 260 g/mol. The van der Waals surface area contributed by atoms with Crippen molar-refractivity contribution in [2.45, 2.75) is 52.7 Å². The van der Waals surface area contributed by atoms with E-state index in [0.717, 1.165) is 11.5 Å². The molecule has 3 heteroatoms. The zero-order valence-corrected chi connectivity index (χ0v) is 12.1. The number of nitrogens with zero attached hydrogens (tertiary/aromatic N) is 1. The highest BCUT2D eigenvalue weighted by Crippen LogP contribution is 2.66. The minimum Gasteiger partial charge on any atom is -0.384 e. The smallest absolute Gasteiger partial charge is 0.123 e. The summed E-state index contributed by atoms with van der Waals surface area (Å²) in [5, 5.41) is 0. The number of fused-ring (bicyclic) bond motifs is 2. The first-order valence-corrected chi connectivity index (χ1v) is 7.25. The molecule has 0 spiro atoms. The molecule has 1 aromatic heterocycles. The van der Waals surface area contributed by atoms with Crippen LogP contribution in [0.1, 0.15) is 45.6 Å². The van der Waals surface area contributed by atoms with E-state index in [-0.39, 0.29) is 0 Å². The summed E-state index contributed by atoms with van der Waals surface area (Å²) in [6.45, 7) is 7.89. The molecule has 0 amide bonds. The number of aromatic nitrogens is 1. The van der Waals surface area contributed by atoms with Gasteiger partial charge in [0.2, 0.25) is 0 Å². The van der Waals surface area contributed by atoms with Crippen LogP contribution >= 0.6 is 0 Å². The third-order valence-corrected chi connectivity index (χ3v) is 6.01. The number of ether oxygens (including phenoxy) is 1. The van der Waals surface area contributed by atoms with E-state index in [1.165, 1.54) is 19.3 Å². The van der Waals surface area contributed by atoms with Crippen molar-refractivity contribution in [3.8, 4) is 0 Å². The number of hydrogen-bond acceptors (Lipinski definition) is 3. The lowest BCUT2D eigenvalue weighted by Gasteiger charge is -2.38. The number of anilines is 1. The molecule has 3 unspecified atom stereocenters. The molecule has 0 aromatic carbocycles. The van der Waals surface area contributed by atoms with Crippen molar-refractivity contribution >= 4 is 5.82 Å². The van der Waals surface area contributed by atoms with Gasteiger partial charge in [0.1, 0.15) is 5.82 Å². The SMILES string of the molecule is CC1(C)C2CCC1(C)C(OCc1ccc(N)nc1)C2. The van der Waals surface area contributed by atoms with Crippen LogP contribution < -0.4 is 5.73 Å². The highest BCUT2D eigenvalue weighted by Gasteiger charge is 2.61. The lowest BCUT2D eigenvalue weighted by molar-refractivity contribution is -0.0551. The van der Waals surface area contributed by atoms with Crippen molar-refractivity contribution in [2.24, 2.45) is 16.7 Å². The van der Waals surface area contributed by atoms with E-state index in [0.29, 0.717) is 29.4 Å². The van der Waals surface area contributed by atoms with E-state index in [9.17, 15) is 0 Å². The molecule has 104 valence electrons. The zero-order valence-electron chi connectivity index (χ0n) is 12.1. The van der Waals surface area contributed by atoms with Gasteiger partial charge in [-0.05, 0) is 47.6 Å². The Kier molecular flexibility index (Phi) is 2.86. The summed E-state index contributed by atoms with van der Waals surface area (Å²) in [5.41, 5.74) is 7.45. The van der Waals surface area contributed by atoms with Crippen molar-refractivity contribution in [1.29, 1.82) is 0 Å². The summed E-state index contributed by atoms with van der Waals surface area (Å²) in [6, 6.07) is 3.84. The minimum absolute atomic E-state index is 0.332. The van der Waals surface area contributed by atoms with Crippen LogP contribution in [-0.4, -0.2) is 11.1 Å². The van der Waals surface area contributed by atoms with Gasteiger partial charge in [-0.1, -0.05) is 26.8 Å². The third kappa shape index (κ3) is 1.86. The predicted molar refractivity (Wildman–Crippen MR) is 76.5 cm³/mol. The Hall–Kier alpha value is -1.09. The van der Waals surface area contributed by atoms with Crippen molar-refractivity contribution in [3.63, 3.8) is 0 Å². The lowest BCUT2D eigenvalue weighted by atomic mass is 9.70. The van der Waals surface area contributed by atoms with E-state index in [4.69, 9.17) is 10.5 Å². The van der Waals surface area contributed by atoms with Gasteiger partial charge in [0.05, 0.1) is 12.7 Å². The molecule has 2 saturated carbocycles. The summed E-state index contributed by atoms with van der Waals surface area (Å²) >= 11 is 0. The first-order chi connectivity index (χ1) is 8.93. The van der Waals surface area contributed by atoms with E-state index in [2.05, 4.69) is 25.8 Å². The Morgan fingerprint density at radius 1 is 1.37 bits per heavy atom. The first kappa shape index (κ1) is 12.9. The number of hydrogen-bond donors (Lipinski definition) is 1. The molecule has 0 radical (unpaired) electrons. The molecular formula is C16H24N2O. The summed E-state index contributed by atoms with van der Waals surface area (Å²) in [4.78, 5) is 4.12. The van der Waals surface area contributed by atoms with Gasteiger partial charge in [-0.2, -0.15) is 0 Å². The fourth-order valence-corrected chi connectivity index (χ4v) is 4.10. The second-order valence-electron chi connectivity index (χ2n) is 7.00. The van der Waals surface area contributed by atoms with Crippen molar-refractivity contribution in [2.75, 3.05) is 5.73 Å². The average molecular weight is 260 g/mol. The molecule has 19 heavy (non-hydrogen) atoms. The molecule has 3 rings (SSSR count). The normalized spacial score (nSPS) is 35.7. The lowest BCUT2D eigenvalue weighted by Crippen LogP contribution is -2.37. The first-order valence-electron chi connectivity index (χ1n) is 7.25. The van der Waals surface area contributed by atoms with Crippen LogP contribution in [0.15, 0.2) is 18.3 Å². The Bertz CT molecular complexity index is 468. The molecule has 2 bridgehead atoms. The molecular weight excluding hydrogens is 236 g/mol. The summed E-state index contributed by atoms with van der Waals surface area (Å²) in [5.74, 6) is 1.39. The van der Waals surface area contributed by atoms with Gasteiger partial charge in [-0.25, -0.2) is 4.98 Å². The van der Waals surface area contributed by atoms with Crippen LogP contribution in [0.4, 0.5) is 5.82 Å². The molecule has 0 saturated heterocycles. The maximum atomic E-state index is 6.22. The fourth-order valence-electron chi connectivity index (χ4n) is 4.10. The van der Waals surface area contributed by atoms with Crippen LogP contribution in [-0.2, 0) is 11.3 Å². The van der Waals surface area contributed by atoms with Crippen LogP contribution in [0.5, 0.6) is 0 Å². The number of rotatable bonds is 3. The number of pyridine rings is 1. The second-order valence-corrected chi connectivity index (χ2v) is 7.00. The summed E-state index contributed by atoms with van der Waals surface area (Å²) in [6.07, 6.45) is 6.09. The predicted octanol–water partition coefficient (Wildman–Crippen LogP) is 3.40. The summed E-state index contributed by atoms with van der Waals surface area (Å²) < 4.78 is 6.22. The molecule has 2 aliphatic carbocycles. The average Bonchev–Trinajstić information content (AvgIpc) is 2.71. The van der Waals surface area contributed by atoms with Gasteiger partial charge in [0.15, 0.2) is 0 Å². The number of nitrogens with two attached hydrogens (primary N) is 1. The topological polar surface area (TPSA) is 48.1 Å². The standard InChI is InChI=1S/C16H24N2O/c1-15(2)12-6-7-16(15,3)13(8-12)19-10-11-4-5-14(17)18-9-11/h4-5,9,12-13H,6-8,10H2,1-3H3,(H2,17,18). The largest absolute Gasteiger partial charge is 0.384 e. The van der Waals surface area contributed by atoms with Gasteiger partial charge in [0, 0.05) is 6.20 Å². The maximum absolute atomic E-state index is 6.22. The van der Waals surface area contributed by atoms with Gasteiger partial charge in [0.25, 0.3) is 0 Å². The van der Waals surface area contributed by atoms with Gasteiger partial charge in [-0.3, -0.25) is 0 Å². The Balaban J connectivity index is 1.67. The van der Waals surface area contributed by atoms with Crippen LogP contribution in [0.25, 0.3) is 0 Å². The van der Waals surface area contributed by atoms with Crippen LogP contribution in [0.2, 0.25) is 0 Å². The third-order valence-electron chi connectivity index (χ3n) is 6.01. The van der Waals surface area contributed by atoms with E-state index < -0.39 is 0 Å². The Morgan fingerprint density at radius 2 is 2.16 bits per heavy atom. The Morgan fingerprint density at radius 3 is 2.68 bits per heavy atom. The van der Waals surface area contributed by atoms with Crippen molar-refractivity contribution < 1.29 is 4.74 Å². The molecule has 2 fully saturated rings. The molecule has 2 N–H and O–H groups in total. The molecule has 3 nitrogen and oxygen atoms in total. The highest BCUT2D eigenvalue weighted by atomic mass is 16.5. The molecule has 1 aromatic rings. The minimum atomic E-state index is 0.332. The summed E-state index contributed by atoms with van der Waals surface area (Å²) in [7, 11) is 0.